The SMILES string of the molecule is CC(C)(C)CCC(NC(=O)c1cc(OCC(F)(F)F)c(Br)cn1)C(N)=NO. The molecular weight excluding hydrogens is 433 g/mol. The van der Waals surface area contributed by atoms with Gasteiger partial charge in [0.1, 0.15) is 11.4 Å². The number of rotatable bonds is 7. The molecule has 0 aliphatic heterocycles. The third kappa shape index (κ3) is 8.46. The molecule has 0 spiro atoms. The lowest BCUT2D eigenvalue weighted by Gasteiger charge is -2.23. The van der Waals surface area contributed by atoms with E-state index in [1.54, 1.807) is 0 Å². The number of nitrogens with one attached hydrogen (secondary N) is 1. The number of oxime groups is 1. The molecule has 27 heavy (non-hydrogen) atoms. The minimum Gasteiger partial charge on any atom is -0.483 e. The normalized spacial score (nSPS) is 14.0. The average Bonchev–Trinajstić information content (AvgIpc) is 2.55. The van der Waals surface area contributed by atoms with Crippen LogP contribution in [0.1, 0.15) is 44.1 Å². The molecule has 0 radical (unpaired) electrons. The Bertz CT molecular complexity index is 690. The van der Waals surface area contributed by atoms with Crippen LogP contribution in [0.5, 0.6) is 5.75 Å². The second kappa shape index (κ2) is 9.25. The van der Waals surface area contributed by atoms with Crippen LogP contribution in [0.25, 0.3) is 0 Å². The van der Waals surface area contributed by atoms with E-state index in [4.69, 9.17) is 10.9 Å². The number of amides is 1. The van der Waals surface area contributed by atoms with Crippen molar-refractivity contribution in [3.05, 3.63) is 22.4 Å². The minimum atomic E-state index is -4.52. The number of pyridine rings is 1. The van der Waals surface area contributed by atoms with Crippen LogP contribution in [-0.2, 0) is 0 Å². The quantitative estimate of drug-likeness (QED) is 0.253. The van der Waals surface area contributed by atoms with Crippen molar-refractivity contribution in [2.24, 2.45) is 16.3 Å². The lowest BCUT2D eigenvalue weighted by Crippen LogP contribution is -2.45. The molecule has 0 fully saturated rings. The van der Waals surface area contributed by atoms with Crippen molar-refractivity contribution in [2.75, 3.05) is 6.61 Å². The monoisotopic (exact) mass is 454 g/mol. The molecule has 0 saturated heterocycles. The highest BCUT2D eigenvalue weighted by atomic mass is 79.9. The van der Waals surface area contributed by atoms with Gasteiger partial charge in [-0.25, -0.2) is 4.98 Å². The van der Waals surface area contributed by atoms with Crippen molar-refractivity contribution in [3.8, 4) is 5.75 Å². The Kier molecular flexibility index (Phi) is 7.88. The number of ether oxygens (including phenoxy) is 1. The summed E-state index contributed by atoms with van der Waals surface area (Å²) in [5, 5.41) is 14.4. The Balaban J connectivity index is 2.92. The predicted octanol–water partition coefficient (Wildman–Crippen LogP) is 3.46. The number of carbonyl (C=O) groups is 1. The van der Waals surface area contributed by atoms with Gasteiger partial charge in [-0.15, -0.1) is 0 Å². The molecule has 0 aliphatic carbocycles. The van der Waals surface area contributed by atoms with Gasteiger partial charge in [-0.3, -0.25) is 4.79 Å². The van der Waals surface area contributed by atoms with E-state index in [2.05, 4.69) is 36.1 Å². The van der Waals surface area contributed by atoms with Crippen molar-refractivity contribution in [3.63, 3.8) is 0 Å². The van der Waals surface area contributed by atoms with Gasteiger partial charge in [-0.05, 0) is 34.2 Å². The molecule has 1 unspecified atom stereocenters. The number of nitrogens with zero attached hydrogens (tertiary/aromatic N) is 2. The standard InChI is InChI=1S/C16H22BrF3N4O3/c1-15(2,3)5-4-10(13(21)24-26)23-14(25)11-6-12(9(17)7-22-11)27-8-16(18,19)20/h6-7,10,26H,4-5,8H2,1-3H3,(H2,21,24)(H,23,25). The molecule has 152 valence electrons. The molecule has 11 heteroatoms. The Morgan fingerprint density at radius 1 is 1.44 bits per heavy atom. The summed E-state index contributed by atoms with van der Waals surface area (Å²) in [6.07, 6.45) is -2.29. The molecule has 1 aromatic heterocycles. The lowest BCUT2D eigenvalue weighted by atomic mass is 9.88. The predicted molar refractivity (Wildman–Crippen MR) is 96.8 cm³/mol. The molecule has 1 atom stereocenters. The molecule has 0 aliphatic rings. The molecule has 0 bridgehead atoms. The summed E-state index contributed by atoms with van der Waals surface area (Å²) in [5.74, 6) is -1.05. The third-order valence-corrected chi connectivity index (χ3v) is 4.00. The van der Waals surface area contributed by atoms with Crippen LogP contribution in [0.3, 0.4) is 0 Å². The number of nitrogens with two attached hydrogens (primary N) is 1. The van der Waals surface area contributed by atoms with Crippen LogP contribution >= 0.6 is 15.9 Å². The molecule has 1 rings (SSSR count). The number of alkyl halides is 3. The van der Waals surface area contributed by atoms with Crippen LogP contribution in [0.4, 0.5) is 13.2 Å². The van der Waals surface area contributed by atoms with Gasteiger partial charge in [0, 0.05) is 12.3 Å². The number of aromatic nitrogens is 1. The minimum absolute atomic E-state index is 0.0484. The number of halogens is 4. The van der Waals surface area contributed by atoms with Gasteiger partial charge in [0.2, 0.25) is 0 Å². The fourth-order valence-corrected chi connectivity index (χ4v) is 2.32. The first-order valence-electron chi connectivity index (χ1n) is 7.96. The van der Waals surface area contributed by atoms with E-state index in [-0.39, 0.29) is 27.2 Å². The van der Waals surface area contributed by atoms with Crippen molar-refractivity contribution in [1.29, 1.82) is 0 Å². The fraction of sp³-hybridized carbons (Fsp3) is 0.562. The third-order valence-electron chi connectivity index (χ3n) is 3.40. The summed E-state index contributed by atoms with van der Waals surface area (Å²) < 4.78 is 41.8. The van der Waals surface area contributed by atoms with Crippen molar-refractivity contribution in [1.82, 2.24) is 10.3 Å². The Labute approximate surface area is 163 Å². The maximum atomic E-state index is 12.4. The van der Waals surface area contributed by atoms with Crippen molar-refractivity contribution in [2.45, 2.75) is 45.8 Å². The van der Waals surface area contributed by atoms with E-state index in [9.17, 15) is 18.0 Å². The maximum absolute atomic E-state index is 12.4. The summed E-state index contributed by atoms with van der Waals surface area (Å²) in [4.78, 5) is 16.3. The van der Waals surface area contributed by atoms with Crippen LogP contribution in [0, 0.1) is 5.41 Å². The topological polar surface area (TPSA) is 110 Å². The Morgan fingerprint density at radius 2 is 2.07 bits per heavy atom. The van der Waals surface area contributed by atoms with Gasteiger partial charge < -0.3 is 21.0 Å². The summed E-state index contributed by atoms with van der Waals surface area (Å²) in [6.45, 7) is 4.49. The van der Waals surface area contributed by atoms with Crippen LogP contribution in [0.2, 0.25) is 0 Å². The van der Waals surface area contributed by atoms with Gasteiger partial charge >= 0.3 is 6.18 Å². The average molecular weight is 455 g/mol. The summed E-state index contributed by atoms with van der Waals surface area (Å²) >= 11 is 3.02. The van der Waals surface area contributed by atoms with E-state index < -0.39 is 24.7 Å². The van der Waals surface area contributed by atoms with E-state index in [0.717, 1.165) is 12.3 Å². The highest BCUT2D eigenvalue weighted by Gasteiger charge is 2.29. The van der Waals surface area contributed by atoms with Crippen LogP contribution in [-0.4, -0.2) is 40.8 Å². The maximum Gasteiger partial charge on any atom is 0.422 e. The number of carbonyl (C=O) groups excluding carboxylic acids is 1. The zero-order chi connectivity index (χ0) is 20.8. The van der Waals surface area contributed by atoms with E-state index in [1.165, 1.54) is 0 Å². The molecule has 7 nitrogen and oxygen atoms in total. The number of hydrogen-bond acceptors (Lipinski definition) is 5. The molecule has 4 N–H and O–H groups in total. The number of hydrogen-bond donors (Lipinski definition) is 3. The van der Waals surface area contributed by atoms with Crippen LogP contribution < -0.4 is 15.8 Å². The molecule has 0 saturated carbocycles. The summed E-state index contributed by atoms with van der Waals surface area (Å²) in [5.41, 5.74) is 5.42. The van der Waals surface area contributed by atoms with Gasteiger partial charge in [-0.1, -0.05) is 25.9 Å². The van der Waals surface area contributed by atoms with Gasteiger partial charge in [0.05, 0.1) is 10.5 Å². The smallest absolute Gasteiger partial charge is 0.422 e. The zero-order valence-electron chi connectivity index (χ0n) is 15.1. The van der Waals surface area contributed by atoms with Gasteiger partial charge in [-0.2, -0.15) is 13.2 Å². The highest BCUT2D eigenvalue weighted by Crippen LogP contribution is 2.27. The Morgan fingerprint density at radius 3 is 2.59 bits per heavy atom. The molecule has 1 amide bonds. The highest BCUT2D eigenvalue weighted by molar-refractivity contribution is 9.10. The first kappa shape index (κ1) is 23.0. The molecule has 1 heterocycles. The number of amidine groups is 1. The molecule has 0 aromatic carbocycles. The van der Waals surface area contributed by atoms with Gasteiger partial charge in [0.15, 0.2) is 12.4 Å². The molecule has 1 aromatic rings. The van der Waals surface area contributed by atoms with E-state index in [1.807, 2.05) is 20.8 Å². The van der Waals surface area contributed by atoms with Crippen molar-refractivity contribution >= 4 is 27.7 Å². The lowest BCUT2D eigenvalue weighted by molar-refractivity contribution is -0.153. The Hall–Kier alpha value is -2.04. The van der Waals surface area contributed by atoms with Gasteiger partial charge in [0.25, 0.3) is 5.91 Å². The fourth-order valence-electron chi connectivity index (χ4n) is 1.99. The first-order chi connectivity index (χ1) is 12.3. The zero-order valence-corrected chi connectivity index (χ0v) is 16.7. The second-order valence-electron chi connectivity index (χ2n) is 7.05. The van der Waals surface area contributed by atoms with E-state index in [0.29, 0.717) is 12.8 Å². The molecular formula is C16H22BrF3N4O3. The van der Waals surface area contributed by atoms with E-state index >= 15 is 0 Å². The summed E-state index contributed by atoms with van der Waals surface area (Å²) in [6, 6.07) is 0.324. The first-order valence-corrected chi connectivity index (χ1v) is 8.75. The largest absolute Gasteiger partial charge is 0.483 e. The van der Waals surface area contributed by atoms with Crippen LogP contribution in [0.15, 0.2) is 21.9 Å². The van der Waals surface area contributed by atoms with Crippen molar-refractivity contribution < 1.29 is 27.9 Å². The second-order valence-corrected chi connectivity index (χ2v) is 7.91. The summed E-state index contributed by atoms with van der Waals surface area (Å²) in [7, 11) is 0.